The van der Waals surface area contributed by atoms with Gasteiger partial charge in [-0.15, -0.1) is 11.8 Å². The summed E-state index contributed by atoms with van der Waals surface area (Å²) >= 11 is 1.49. The van der Waals surface area contributed by atoms with Crippen molar-refractivity contribution in [2.24, 2.45) is 15.7 Å². The van der Waals surface area contributed by atoms with Crippen molar-refractivity contribution < 1.29 is 5.11 Å². The van der Waals surface area contributed by atoms with E-state index in [0.717, 1.165) is 5.04 Å². The van der Waals surface area contributed by atoms with Crippen molar-refractivity contribution in [1.29, 1.82) is 0 Å². The van der Waals surface area contributed by atoms with Crippen LogP contribution in [0.5, 0.6) is 0 Å². The molecule has 0 bridgehead atoms. The zero-order valence-corrected chi connectivity index (χ0v) is 6.92. The number of hydrogen-bond donors (Lipinski definition) is 2. The van der Waals surface area contributed by atoms with Gasteiger partial charge in [0.15, 0.2) is 0 Å². The zero-order valence-electron chi connectivity index (χ0n) is 6.10. The monoisotopic (exact) mass is 173 g/mol. The third-order valence-corrected chi connectivity index (χ3v) is 2.07. The molecule has 1 unspecified atom stereocenters. The van der Waals surface area contributed by atoms with E-state index in [-0.39, 0.29) is 12.8 Å². The summed E-state index contributed by atoms with van der Waals surface area (Å²) in [6, 6.07) is 0. The molecule has 0 aliphatic carbocycles. The molecule has 0 radical (unpaired) electrons. The Kier molecular flexibility index (Phi) is 3.55. The molecule has 3 N–H and O–H groups in total. The number of thioether (sulfide) groups is 1. The van der Waals surface area contributed by atoms with Crippen LogP contribution in [0.2, 0.25) is 0 Å². The summed E-state index contributed by atoms with van der Waals surface area (Å²) in [4.78, 5) is 8.13. The van der Waals surface area contributed by atoms with Crippen LogP contribution in [-0.2, 0) is 0 Å². The molecule has 0 amide bonds. The second-order valence-corrected chi connectivity index (χ2v) is 3.21. The molecular weight excluding hydrogens is 162 g/mol. The van der Waals surface area contributed by atoms with Gasteiger partial charge < -0.3 is 10.8 Å². The van der Waals surface area contributed by atoms with Crippen molar-refractivity contribution in [3.8, 4) is 0 Å². The molecule has 1 atom stereocenters. The maximum atomic E-state index is 8.50. The predicted octanol–water partition coefficient (Wildman–Crippen LogP) is -0.520. The molecule has 11 heavy (non-hydrogen) atoms. The number of aliphatic hydroxyl groups is 1. The molecule has 5 heteroatoms. The lowest BCUT2D eigenvalue weighted by Crippen LogP contribution is -2.25. The summed E-state index contributed by atoms with van der Waals surface area (Å²) < 4.78 is 0. The molecular formula is C6H11N3OS. The van der Waals surface area contributed by atoms with Crippen molar-refractivity contribution in [3.63, 3.8) is 0 Å². The maximum absolute atomic E-state index is 8.50. The Morgan fingerprint density at radius 2 is 2.64 bits per heavy atom. The fourth-order valence-electron chi connectivity index (χ4n) is 0.664. The maximum Gasteiger partial charge on any atom is 0.117 e. The minimum atomic E-state index is -0.173. The van der Waals surface area contributed by atoms with Crippen molar-refractivity contribution in [3.05, 3.63) is 0 Å². The highest BCUT2D eigenvalue weighted by Gasteiger charge is 2.05. The van der Waals surface area contributed by atoms with Gasteiger partial charge in [0.2, 0.25) is 0 Å². The molecule has 0 spiro atoms. The van der Waals surface area contributed by atoms with E-state index in [2.05, 4.69) is 9.98 Å². The number of nitrogens with two attached hydrogens (primary N) is 1. The topological polar surface area (TPSA) is 71.0 Å². The first-order valence-corrected chi connectivity index (χ1v) is 4.38. The van der Waals surface area contributed by atoms with Crippen molar-refractivity contribution >= 4 is 23.0 Å². The molecule has 0 saturated carbocycles. The molecule has 0 aromatic carbocycles. The summed E-state index contributed by atoms with van der Waals surface area (Å²) in [5.74, 6) is 0.667. The van der Waals surface area contributed by atoms with Crippen LogP contribution in [0.4, 0.5) is 0 Å². The van der Waals surface area contributed by atoms with Gasteiger partial charge in [0.05, 0.1) is 19.4 Å². The Morgan fingerprint density at radius 1 is 1.82 bits per heavy atom. The highest BCUT2D eigenvalue weighted by Crippen LogP contribution is 2.05. The normalized spacial score (nSPS) is 23.5. The van der Waals surface area contributed by atoms with E-state index in [4.69, 9.17) is 10.8 Å². The average Bonchev–Trinajstić information content (AvgIpc) is 2.04. The van der Waals surface area contributed by atoms with E-state index in [1.165, 1.54) is 11.8 Å². The number of rotatable bonds is 2. The van der Waals surface area contributed by atoms with Crippen LogP contribution in [0.15, 0.2) is 9.98 Å². The van der Waals surface area contributed by atoms with Crippen molar-refractivity contribution in [1.82, 2.24) is 0 Å². The van der Waals surface area contributed by atoms with Gasteiger partial charge in [-0.3, -0.25) is 9.98 Å². The summed E-state index contributed by atoms with van der Waals surface area (Å²) in [6.07, 6.45) is 1.49. The number of aliphatic hydroxyl groups excluding tert-OH is 1. The first-order chi connectivity index (χ1) is 5.33. The average molecular weight is 173 g/mol. The van der Waals surface area contributed by atoms with Crippen LogP contribution in [0, 0.1) is 0 Å². The molecule has 0 saturated heterocycles. The third-order valence-electron chi connectivity index (χ3n) is 1.15. The number of hydrogen-bond acceptors (Lipinski definition) is 5. The SMILES string of the molecule is NC1CN=C(SCCO)C=N1. The molecule has 1 rings (SSSR count). The molecule has 0 fully saturated rings. The highest BCUT2D eigenvalue weighted by molar-refractivity contribution is 8.15. The standard InChI is InChI=1S/C6H11N3OS/c7-5-3-9-6(4-8-5)11-2-1-10/h4-5,10H,1-3,7H2. The van der Waals surface area contributed by atoms with Crippen LogP contribution < -0.4 is 5.73 Å². The molecule has 1 heterocycles. The second kappa shape index (κ2) is 4.48. The first-order valence-electron chi connectivity index (χ1n) is 3.40. The Balaban J connectivity index is 2.31. The Labute approximate surface area is 69.6 Å². The minimum Gasteiger partial charge on any atom is -0.396 e. The Hall–Kier alpha value is -0.390. The summed E-state index contributed by atoms with van der Waals surface area (Å²) in [5, 5.41) is 9.37. The summed E-state index contributed by atoms with van der Waals surface area (Å²) in [5.41, 5.74) is 5.46. The lowest BCUT2D eigenvalue weighted by molar-refractivity contribution is 0.323. The second-order valence-electron chi connectivity index (χ2n) is 2.10. The van der Waals surface area contributed by atoms with Gasteiger partial charge in [0, 0.05) is 5.75 Å². The van der Waals surface area contributed by atoms with Gasteiger partial charge in [0.1, 0.15) is 11.2 Å². The third kappa shape index (κ3) is 3.00. The van der Waals surface area contributed by atoms with E-state index in [1.54, 1.807) is 6.21 Å². The largest absolute Gasteiger partial charge is 0.396 e. The molecule has 1 aliphatic heterocycles. The van der Waals surface area contributed by atoms with Crippen molar-refractivity contribution in [2.45, 2.75) is 6.17 Å². The lowest BCUT2D eigenvalue weighted by atomic mass is 10.5. The summed E-state index contributed by atoms with van der Waals surface area (Å²) in [6.45, 7) is 0.730. The van der Waals surface area contributed by atoms with E-state index in [9.17, 15) is 0 Å². The Morgan fingerprint density at radius 3 is 3.18 bits per heavy atom. The van der Waals surface area contributed by atoms with E-state index >= 15 is 0 Å². The van der Waals surface area contributed by atoms with Gasteiger partial charge in [-0.1, -0.05) is 0 Å². The van der Waals surface area contributed by atoms with Gasteiger partial charge in [-0.25, -0.2) is 0 Å². The van der Waals surface area contributed by atoms with E-state index in [1.807, 2.05) is 0 Å². The number of aliphatic imine (C=N–C) groups is 2. The van der Waals surface area contributed by atoms with Crippen LogP contribution in [-0.4, -0.2) is 41.4 Å². The Bertz CT molecular complexity index is 181. The van der Waals surface area contributed by atoms with Crippen molar-refractivity contribution in [2.75, 3.05) is 18.9 Å². The van der Waals surface area contributed by atoms with Crippen LogP contribution in [0.1, 0.15) is 0 Å². The van der Waals surface area contributed by atoms with Gasteiger partial charge in [-0.2, -0.15) is 0 Å². The molecule has 62 valence electrons. The first kappa shape index (κ1) is 8.70. The highest BCUT2D eigenvalue weighted by atomic mass is 32.2. The lowest BCUT2D eigenvalue weighted by Gasteiger charge is -2.09. The van der Waals surface area contributed by atoms with Crippen LogP contribution >= 0.6 is 11.8 Å². The van der Waals surface area contributed by atoms with E-state index in [0.29, 0.717) is 12.3 Å². The van der Waals surface area contributed by atoms with E-state index < -0.39 is 0 Å². The molecule has 0 aromatic rings. The molecule has 0 aromatic heterocycles. The van der Waals surface area contributed by atoms with Gasteiger partial charge in [0.25, 0.3) is 0 Å². The smallest absolute Gasteiger partial charge is 0.117 e. The van der Waals surface area contributed by atoms with Gasteiger partial charge >= 0.3 is 0 Å². The molecule has 1 aliphatic rings. The van der Waals surface area contributed by atoms with Gasteiger partial charge in [-0.05, 0) is 0 Å². The predicted molar refractivity (Wildman–Crippen MR) is 48.3 cm³/mol. The fourth-order valence-corrected chi connectivity index (χ4v) is 1.27. The quantitative estimate of drug-likeness (QED) is 0.590. The fraction of sp³-hybridized carbons (Fsp3) is 0.667. The number of nitrogens with zero attached hydrogens (tertiary/aromatic N) is 2. The van der Waals surface area contributed by atoms with Crippen LogP contribution in [0.25, 0.3) is 0 Å². The molecule has 4 nitrogen and oxygen atoms in total. The van der Waals surface area contributed by atoms with Crippen LogP contribution in [0.3, 0.4) is 0 Å². The summed E-state index contributed by atoms with van der Waals surface area (Å²) in [7, 11) is 0. The minimum absolute atomic E-state index is 0.170. The zero-order chi connectivity index (χ0) is 8.10.